The predicted octanol–water partition coefficient (Wildman–Crippen LogP) is 8.10. The van der Waals surface area contributed by atoms with Gasteiger partial charge in [0.15, 0.2) is 5.78 Å². The van der Waals surface area contributed by atoms with Gasteiger partial charge in [0.25, 0.3) is 0 Å². The van der Waals surface area contributed by atoms with E-state index in [0.29, 0.717) is 12.8 Å². The maximum Gasteiger partial charge on any atom is 0.177 e. The fraction of sp³-hybridized carbons (Fsp3) is 0.242. The van der Waals surface area contributed by atoms with Gasteiger partial charge in [-0.3, -0.25) is 4.79 Å². The number of phenolic OH excluding ortho intramolecular Hbond substituents is 2. The lowest BCUT2D eigenvalue weighted by Crippen LogP contribution is -2.35. The molecule has 192 valence electrons. The molecular weight excluding hydrogens is 501 g/mol. The van der Waals surface area contributed by atoms with Crippen LogP contribution >= 0.6 is 0 Å². The summed E-state index contributed by atoms with van der Waals surface area (Å²) in [6, 6.07) is 20.0. The number of Topliss-reactive ketones (excluding diaryl/α,β-unsaturated/α-hetero) is 1. The van der Waals surface area contributed by atoms with E-state index in [2.05, 4.69) is 51.4 Å². The van der Waals surface area contributed by atoms with Crippen LogP contribution in [0.1, 0.15) is 11.1 Å². The van der Waals surface area contributed by atoms with E-state index in [1.54, 1.807) is 0 Å². The summed E-state index contributed by atoms with van der Waals surface area (Å²) >= 11 is 0. The third-order valence-corrected chi connectivity index (χ3v) is 12.2. The van der Waals surface area contributed by atoms with Crippen LogP contribution in [-0.4, -0.2) is 32.1 Å². The standard InChI is InChI=1S/C33H34O3Si2/c1-37(2,3)32-23-17-25-27(34)15-19-11-7-9-13-21(19)29(25)30-22-14-10-8-12-20(22)16-28(35)26(30)18-24(23)33(31(32)36)38(4,5)6/h7-16,34-35H,17-18H2,1-6H3. The first-order valence-corrected chi connectivity index (χ1v) is 20.4. The molecule has 4 aromatic carbocycles. The fourth-order valence-corrected chi connectivity index (χ4v) is 10.7. The minimum absolute atomic E-state index is 0.221. The lowest BCUT2D eigenvalue weighted by atomic mass is 9.79. The summed E-state index contributed by atoms with van der Waals surface area (Å²) in [6.07, 6.45) is 1.04. The fourth-order valence-electron chi connectivity index (χ4n) is 6.71. The number of phenols is 2. The number of carbonyl (C=O) groups excluding carboxylic acids is 1. The third-order valence-electron chi connectivity index (χ3n) is 8.15. The van der Waals surface area contributed by atoms with E-state index in [4.69, 9.17) is 0 Å². The summed E-state index contributed by atoms with van der Waals surface area (Å²) in [6.45, 7) is 13.5. The summed E-state index contributed by atoms with van der Waals surface area (Å²) in [5.41, 5.74) is 5.81. The van der Waals surface area contributed by atoms with Gasteiger partial charge in [-0.2, -0.15) is 0 Å². The molecule has 0 fully saturated rings. The Morgan fingerprint density at radius 1 is 0.605 bits per heavy atom. The Kier molecular flexibility index (Phi) is 5.43. The average molecular weight is 535 g/mol. The molecule has 6 rings (SSSR count). The molecule has 0 amide bonds. The van der Waals surface area contributed by atoms with Crippen molar-refractivity contribution in [3.63, 3.8) is 0 Å². The Morgan fingerprint density at radius 2 is 0.974 bits per heavy atom. The molecule has 0 saturated carbocycles. The van der Waals surface area contributed by atoms with Crippen molar-refractivity contribution in [1.29, 1.82) is 0 Å². The Morgan fingerprint density at radius 3 is 1.34 bits per heavy atom. The highest BCUT2D eigenvalue weighted by Crippen LogP contribution is 2.51. The zero-order chi connectivity index (χ0) is 27.1. The topological polar surface area (TPSA) is 57.5 Å². The number of ketones is 1. The molecule has 2 N–H and O–H groups in total. The quantitative estimate of drug-likeness (QED) is 0.255. The molecule has 0 unspecified atom stereocenters. The second kappa shape index (κ2) is 8.29. The molecule has 0 atom stereocenters. The van der Waals surface area contributed by atoms with Crippen molar-refractivity contribution in [2.75, 3.05) is 0 Å². The highest BCUT2D eigenvalue weighted by Gasteiger charge is 2.44. The van der Waals surface area contributed by atoms with Crippen LogP contribution in [0.25, 0.3) is 32.7 Å². The molecule has 0 saturated heterocycles. The van der Waals surface area contributed by atoms with Crippen LogP contribution in [0, 0.1) is 0 Å². The molecule has 0 radical (unpaired) electrons. The van der Waals surface area contributed by atoms with E-state index in [9.17, 15) is 15.0 Å². The number of allylic oxidation sites excluding steroid dienone is 4. The summed E-state index contributed by atoms with van der Waals surface area (Å²) < 4.78 is 0. The molecule has 38 heavy (non-hydrogen) atoms. The van der Waals surface area contributed by atoms with E-state index in [0.717, 1.165) is 65.3 Å². The number of rotatable bonds is 2. The molecule has 3 nitrogen and oxygen atoms in total. The lowest BCUT2D eigenvalue weighted by molar-refractivity contribution is -0.111. The van der Waals surface area contributed by atoms with Crippen molar-refractivity contribution < 1.29 is 15.0 Å². The Bertz CT molecular complexity index is 1630. The number of benzene rings is 4. The Balaban J connectivity index is 1.85. The molecule has 0 aromatic heterocycles. The lowest BCUT2D eigenvalue weighted by Gasteiger charge is -2.27. The van der Waals surface area contributed by atoms with Crippen molar-refractivity contribution in [3.05, 3.63) is 93.3 Å². The Hall–Kier alpha value is -3.42. The first kappa shape index (κ1) is 24.9. The van der Waals surface area contributed by atoms with Gasteiger partial charge in [-0.1, -0.05) is 87.8 Å². The van der Waals surface area contributed by atoms with Gasteiger partial charge in [-0.15, -0.1) is 0 Å². The van der Waals surface area contributed by atoms with E-state index in [1.807, 2.05) is 48.5 Å². The van der Waals surface area contributed by atoms with Gasteiger partial charge in [0.2, 0.25) is 0 Å². The molecule has 0 heterocycles. The summed E-state index contributed by atoms with van der Waals surface area (Å²) in [5, 5.41) is 29.2. The first-order valence-electron chi connectivity index (χ1n) is 13.4. The second-order valence-electron chi connectivity index (χ2n) is 12.8. The predicted molar refractivity (Wildman–Crippen MR) is 163 cm³/mol. The minimum atomic E-state index is -2.03. The monoisotopic (exact) mass is 534 g/mol. The van der Waals surface area contributed by atoms with Crippen LogP contribution < -0.4 is 0 Å². The van der Waals surface area contributed by atoms with Crippen molar-refractivity contribution in [2.45, 2.75) is 52.1 Å². The van der Waals surface area contributed by atoms with Crippen molar-refractivity contribution in [1.82, 2.24) is 0 Å². The zero-order valence-electron chi connectivity index (χ0n) is 23.0. The van der Waals surface area contributed by atoms with E-state index in [-0.39, 0.29) is 17.3 Å². The van der Waals surface area contributed by atoms with Crippen LogP contribution in [0.3, 0.4) is 0 Å². The van der Waals surface area contributed by atoms with E-state index < -0.39 is 16.1 Å². The van der Waals surface area contributed by atoms with E-state index >= 15 is 0 Å². The van der Waals surface area contributed by atoms with Gasteiger partial charge in [0.05, 0.1) is 16.1 Å². The largest absolute Gasteiger partial charge is 0.508 e. The number of hydrogen-bond acceptors (Lipinski definition) is 3. The molecule has 0 aliphatic heterocycles. The van der Waals surface area contributed by atoms with Crippen LogP contribution in [0.2, 0.25) is 39.3 Å². The summed E-state index contributed by atoms with van der Waals surface area (Å²) in [7, 11) is -4.06. The van der Waals surface area contributed by atoms with E-state index in [1.165, 1.54) is 0 Å². The van der Waals surface area contributed by atoms with Gasteiger partial charge in [-0.05, 0) is 66.3 Å². The molecule has 0 bridgehead atoms. The molecule has 2 aliphatic rings. The maximum absolute atomic E-state index is 14.2. The van der Waals surface area contributed by atoms with Gasteiger partial charge >= 0.3 is 0 Å². The first-order chi connectivity index (χ1) is 17.9. The van der Waals surface area contributed by atoms with Crippen molar-refractivity contribution in [3.8, 4) is 22.6 Å². The van der Waals surface area contributed by atoms with Crippen LogP contribution in [-0.2, 0) is 17.6 Å². The summed E-state index contributed by atoms with van der Waals surface area (Å²) in [5.74, 6) is 0.711. The SMILES string of the molecule is C[Si](C)(C)C1=C2Cc3c(O)cc4ccccc4c3-c3c(c(O)cc4ccccc34)CC2=C([Si](C)(C)C)C1=O. The molecule has 4 aromatic rings. The van der Waals surface area contributed by atoms with Crippen LogP contribution in [0.15, 0.2) is 82.2 Å². The van der Waals surface area contributed by atoms with Crippen molar-refractivity contribution >= 4 is 43.5 Å². The molecule has 2 aliphatic carbocycles. The maximum atomic E-state index is 14.2. The smallest absolute Gasteiger partial charge is 0.177 e. The number of carbonyl (C=O) groups is 1. The van der Waals surface area contributed by atoms with Gasteiger partial charge in [0.1, 0.15) is 11.5 Å². The number of hydrogen-bond donors (Lipinski definition) is 2. The second-order valence-corrected chi connectivity index (χ2v) is 22.8. The highest BCUT2D eigenvalue weighted by atomic mass is 28.3. The van der Waals surface area contributed by atoms with Gasteiger partial charge in [0, 0.05) is 24.0 Å². The van der Waals surface area contributed by atoms with Gasteiger partial charge < -0.3 is 10.2 Å². The molecule has 5 heteroatoms. The average Bonchev–Trinajstić information content (AvgIpc) is 3.10. The number of fused-ring (bicyclic) bond motifs is 8. The van der Waals surface area contributed by atoms with Gasteiger partial charge in [-0.25, -0.2) is 0 Å². The normalized spacial score (nSPS) is 16.0. The molecule has 0 spiro atoms. The number of aromatic hydroxyl groups is 2. The van der Waals surface area contributed by atoms with Crippen molar-refractivity contribution in [2.24, 2.45) is 0 Å². The van der Waals surface area contributed by atoms with Crippen LogP contribution in [0.4, 0.5) is 0 Å². The molecular formula is C33H34O3Si2. The zero-order valence-corrected chi connectivity index (χ0v) is 25.0. The minimum Gasteiger partial charge on any atom is -0.508 e. The van der Waals surface area contributed by atoms with Crippen LogP contribution in [0.5, 0.6) is 11.5 Å². The Labute approximate surface area is 226 Å². The summed E-state index contributed by atoms with van der Waals surface area (Å²) in [4.78, 5) is 14.2. The highest BCUT2D eigenvalue weighted by molar-refractivity contribution is 6.94. The third kappa shape index (κ3) is 3.63.